The lowest BCUT2D eigenvalue weighted by molar-refractivity contribution is 0.282. The Kier molecular flexibility index (Phi) is 3.98. The van der Waals surface area contributed by atoms with Crippen molar-refractivity contribution >= 4 is 5.69 Å². The molecule has 1 heterocycles. The molecule has 1 aromatic heterocycles. The number of imidazole rings is 1. The van der Waals surface area contributed by atoms with E-state index in [4.69, 9.17) is 5.11 Å². The Hall–Kier alpha value is -2.59. The van der Waals surface area contributed by atoms with Gasteiger partial charge in [-0.3, -0.25) is 0 Å². The summed E-state index contributed by atoms with van der Waals surface area (Å²) in [5.74, 6) is 0. The zero-order valence-electron chi connectivity index (χ0n) is 11.6. The number of aliphatic hydroxyl groups is 1. The van der Waals surface area contributed by atoms with Crippen LogP contribution in [0.4, 0.5) is 5.69 Å². The fourth-order valence-corrected chi connectivity index (χ4v) is 2.18. The largest absolute Gasteiger partial charge is 0.392 e. The maximum absolute atomic E-state index is 9.13. The second-order valence-corrected chi connectivity index (χ2v) is 4.85. The molecule has 0 atom stereocenters. The number of nitrogens with one attached hydrogen (secondary N) is 1. The highest BCUT2D eigenvalue weighted by Gasteiger charge is 1.98. The summed E-state index contributed by atoms with van der Waals surface area (Å²) in [5.41, 5.74) is 4.22. The minimum atomic E-state index is 0.0646. The van der Waals surface area contributed by atoms with Crippen LogP contribution in [0.3, 0.4) is 0 Å². The Bertz CT molecular complexity index is 690. The molecule has 0 unspecified atom stereocenters. The average Bonchev–Trinajstić information content (AvgIpc) is 3.08. The van der Waals surface area contributed by atoms with E-state index in [0.717, 1.165) is 23.5 Å². The second-order valence-electron chi connectivity index (χ2n) is 4.85. The van der Waals surface area contributed by atoms with Crippen LogP contribution in [0.2, 0.25) is 0 Å². The number of aromatic nitrogens is 2. The zero-order chi connectivity index (χ0) is 14.5. The smallest absolute Gasteiger partial charge is 0.0991 e. The van der Waals surface area contributed by atoms with E-state index in [0.29, 0.717) is 0 Å². The minimum Gasteiger partial charge on any atom is -0.392 e. The third-order valence-electron chi connectivity index (χ3n) is 3.35. The first-order chi connectivity index (χ1) is 10.3. The number of rotatable bonds is 5. The van der Waals surface area contributed by atoms with E-state index in [9.17, 15) is 0 Å². The van der Waals surface area contributed by atoms with Crippen LogP contribution in [-0.4, -0.2) is 14.7 Å². The molecular formula is C17H17N3O. The highest BCUT2D eigenvalue weighted by Crippen LogP contribution is 2.14. The third kappa shape index (κ3) is 3.30. The topological polar surface area (TPSA) is 50.1 Å². The first kappa shape index (κ1) is 13.4. The standard InChI is InChI=1S/C17H17N3O/c21-12-15-2-1-3-16(10-15)19-11-14-4-6-17(7-5-14)20-9-8-18-13-20/h1-10,13,19,21H,11-12H2. The van der Waals surface area contributed by atoms with E-state index in [1.54, 1.807) is 12.5 Å². The van der Waals surface area contributed by atoms with Gasteiger partial charge in [0.2, 0.25) is 0 Å². The van der Waals surface area contributed by atoms with Crippen LogP contribution < -0.4 is 5.32 Å². The molecule has 0 fully saturated rings. The third-order valence-corrected chi connectivity index (χ3v) is 3.35. The van der Waals surface area contributed by atoms with Crippen LogP contribution in [0.1, 0.15) is 11.1 Å². The number of aliphatic hydroxyl groups excluding tert-OH is 1. The van der Waals surface area contributed by atoms with Crippen LogP contribution in [0.5, 0.6) is 0 Å². The maximum atomic E-state index is 9.13. The molecular weight excluding hydrogens is 262 g/mol. The van der Waals surface area contributed by atoms with Gasteiger partial charge in [-0.2, -0.15) is 0 Å². The second kappa shape index (κ2) is 6.24. The van der Waals surface area contributed by atoms with Crippen molar-refractivity contribution in [2.45, 2.75) is 13.2 Å². The number of nitrogens with zero attached hydrogens (tertiary/aromatic N) is 2. The molecule has 4 heteroatoms. The molecule has 0 spiro atoms. The van der Waals surface area contributed by atoms with Gasteiger partial charge in [0.05, 0.1) is 12.9 Å². The molecule has 21 heavy (non-hydrogen) atoms. The molecule has 0 amide bonds. The van der Waals surface area contributed by atoms with Crippen molar-refractivity contribution in [3.05, 3.63) is 78.4 Å². The Morgan fingerprint density at radius 1 is 1.05 bits per heavy atom. The molecule has 3 aromatic rings. The number of anilines is 1. The molecule has 106 valence electrons. The Morgan fingerprint density at radius 2 is 1.90 bits per heavy atom. The van der Waals surface area contributed by atoms with Crippen molar-refractivity contribution in [2.75, 3.05) is 5.32 Å². The van der Waals surface area contributed by atoms with E-state index in [1.807, 2.05) is 35.0 Å². The fourth-order valence-electron chi connectivity index (χ4n) is 2.18. The molecule has 0 saturated heterocycles. The van der Waals surface area contributed by atoms with E-state index >= 15 is 0 Å². The van der Waals surface area contributed by atoms with Gasteiger partial charge in [0.15, 0.2) is 0 Å². The van der Waals surface area contributed by atoms with Crippen LogP contribution in [0, 0.1) is 0 Å². The lowest BCUT2D eigenvalue weighted by atomic mass is 10.2. The number of hydrogen-bond donors (Lipinski definition) is 2. The molecule has 0 saturated carbocycles. The average molecular weight is 279 g/mol. The predicted molar refractivity (Wildman–Crippen MR) is 83.3 cm³/mol. The molecule has 2 aromatic carbocycles. The van der Waals surface area contributed by atoms with Crippen molar-refractivity contribution in [1.29, 1.82) is 0 Å². The molecule has 0 aliphatic carbocycles. The zero-order valence-corrected chi connectivity index (χ0v) is 11.6. The summed E-state index contributed by atoms with van der Waals surface area (Å²) in [6, 6.07) is 16.1. The summed E-state index contributed by atoms with van der Waals surface area (Å²) in [7, 11) is 0. The maximum Gasteiger partial charge on any atom is 0.0991 e. The van der Waals surface area contributed by atoms with Crippen molar-refractivity contribution < 1.29 is 5.11 Å². The summed E-state index contributed by atoms with van der Waals surface area (Å²) in [5, 5.41) is 12.5. The summed E-state index contributed by atoms with van der Waals surface area (Å²) in [4.78, 5) is 4.04. The van der Waals surface area contributed by atoms with E-state index < -0.39 is 0 Å². The van der Waals surface area contributed by atoms with Gasteiger partial charge in [0, 0.05) is 30.3 Å². The normalized spacial score (nSPS) is 10.5. The highest BCUT2D eigenvalue weighted by molar-refractivity contribution is 5.46. The summed E-state index contributed by atoms with van der Waals surface area (Å²) in [6.07, 6.45) is 5.48. The lowest BCUT2D eigenvalue weighted by Gasteiger charge is -2.09. The van der Waals surface area contributed by atoms with Gasteiger partial charge < -0.3 is 15.0 Å². The highest BCUT2D eigenvalue weighted by atomic mass is 16.3. The Balaban J connectivity index is 1.65. The molecule has 0 radical (unpaired) electrons. The molecule has 2 N–H and O–H groups in total. The van der Waals surface area contributed by atoms with E-state index in [-0.39, 0.29) is 6.61 Å². The molecule has 0 aliphatic rings. The first-order valence-corrected chi connectivity index (χ1v) is 6.86. The lowest BCUT2D eigenvalue weighted by Crippen LogP contribution is -2.00. The van der Waals surface area contributed by atoms with Crippen molar-refractivity contribution in [1.82, 2.24) is 9.55 Å². The van der Waals surface area contributed by atoms with Gasteiger partial charge in [-0.15, -0.1) is 0 Å². The SMILES string of the molecule is OCc1cccc(NCc2ccc(-n3ccnc3)cc2)c1. The van der Waals surface area contributed by atoms with Gasteiger partial charge in [-0.25, -0.2) is 4.98 Å². The summed E-state index contributed by atoms with van der Waals surface area (Å²) in [6.45, 7) is 0.814. The minimum absolute atomic E-state index is 0.0646. The fraction of sp³-hybridized carbons (Fsp3) is 0.118. The van der Waals surface area contributed by atoms with Gasteiger partial charge in [0.25, 0.3) is 0 Å². The van der Waals surface area contributed by atoms with Crippen molar-refractivity contribution in [3.63, 3.8) is 0 Å². The van der Waals surface area contributed by atoms with E-state index in [1.165, 1.54) is 5.56 Å². The van der Waals surface area contributed by atoms with Crippen LogP contribution in [-0.2, 0) is 13.2 Å². The summed E-state index contributed by atoms with van der Waals surface area (Å²) >= 11 is 0. The first-order valence-electron chi connectivity index (χ1n) is 6.86. The van der Waals surface area contributed by atoms with Gasteiger partial charge in [0.1, 0.15) is 0 Å². The van der Waals surface area contributed by atoms with Gasteiger partial charge >= 0.3 is 0 Å². The number of benzene rings is 2. The van der Waals surface area contributed by atoms with Crippen molar-refractivity contribution in [3.8, 4) is 5.69 Å². The monoisotopic (exact) mass is 279 g/mol. The number of hydrogen-bond acceptors (Lipinski definition) is 3. The molecule has 3 rings (SSSR count). The van der Waals surface area contributed by atoms with Crippen LogP contribution >= 0.6 is 0 Å². The Labute approximate surface area is 123 Å². The van der Waals surface area contributed by atoms with Gasteiger partial charge in [-0.05, 0) is 35.4 Å². The molecule has 0 aliphatic heterocycles. The molecule has 4 nitrogen and oxygen atoms in total. The van der Waals surface area contributed by atoms with Crippen molar-refractivity contribution in [2.24, 2.45) is 0 Å². The summed E-state index contributed by atoms with van der Waals surface area (Å²) < 4.78 is 1.97. The van der Waals surface area contributed by atoms with E-state index in [2.05, 4.69) is 34.6 Å². The van der Waals surface area contributed by atoms with Gasteiger partial charge in [-0.1, -0.05) is 24.3 Å². The predicted octanol–water partition coefficient (Wildman–Crippen LogP) is 2.98. The quantitative estimate of drug-likeness (QED) is 0.755. The van der Waals surface area contributed by atoms with Crippen LogP contribution in [0.15, 0.2) is 67.3 Å². The Morgan fingerprint density at radius 3 is 2.62 bits per heavy atom. The molecule has 0 bridgehead atoms. The van der Waals surface area contributed by atoms with Crippen LogP contribution in [0.25, 0.3) is 5.69 Å².